The lowest BCUT2D eigenvalue weighted by molar-refractivity contribution is -0.0499. The molecule has 172 valence electrons. The Morgan fingerprint density at radius 3 is 2.44 bits per heavy atom. The van der Waals surface area contributed by atoms with Crippen LogP contribution in [0.15, 0.2) is 51.8 Å². The van der Waals surface area contributed by atoms with Crippen LogP contribution in [0.1, 0.15) is 62.4 Å². The zero-order chi connectivity index (χ0) is 23.3. The molecule has 0 aromatic heterocycles. The standard InChI is InChI=1S/C24H27BrF2N2O2S/c1-22(2,3)28-32(31)18-6-4-5-16(13-18)21(30)29-15-23(9-11-24(26,27)12-10-23)19-14-17(25)7-8-20(19)29/h4-8,13-14,28H,9-12,15H2,1-3H3. The second kappa shape index (κ2) is 8.29. The average Bonchev–Trinajstić information content (AvgIpc) is 3.02. The number of anilines is 1. The average molecular weight is 525 g/mol. The van der Waals surface area contributed by atoms with Gasteiger partial charge in [-0.2, -0.15) is 0 Å². The van der Waals surface area contributed by atoms with Gasteiger partial charge in [0.05, 0.1) is 4.90 Å². The van der Waals surface area contributed by atoms with Crippen LogP contribution in [0.5, 0.6) is 0 Å². The predicted molar refractivity (Wildman–Crippen MR) is 127 cm³/mol. The van der Waals surface area contributed by atoms with E-state index in [1.165, 1.54) is 0 Å². The molecular formula is C24H27BrF2N2O2S. The van der Waals surface area contributed by atoms with Gasteiger partial charge in [0.15, 0.2) is 0 Å². The molecule has 1 N–H and O–H groups in total. The van der Waals surface area contributed by atoms with Gasteiger partial charge in [-0.15, -0.1) is 0 Å². The highest BCUT2D eigenvalue weighted by atomic mass is 79.9. The minimum atomic E-state index is -2.65. The Balaban J connectivity index is 1.66. The highest BCUT2D eigenvalue weighted by molar-refractivity contribution is 9.10. The number of alkyl halides is 2. The molecule has 1 atom stereocenters. The van der Waals surface area contributed by atoms with E-state index >= 15 is 0 Å². The van der Waals surface area contributed by atoms with Crippen molar-refractivity contribution in [3.05, 3.63) is 58.1 Å². The summed E-state index contributed by atoms with van der Waals surface area (Å²) in [5, 5.41) is 0. The van der Waals surface area contributed by atoms with Gasteiger partial charge in [0, 0.05) is 46.1 Å². The molecule has 1 saturated carbocycles. The van der Waals surface area contributed by atoms with E-state index in [2.05, 4.69) is 20.7 Å². The topological polar surface area (TPSA) is 49.4 Å². The molecule has 1 amide bonds. The van der Waals surface area contributed by atoms with Gasteiger partial charge in [-0.3, -0.25) is 4.79 Å². The van der Waals surface area contributed by atoms with Crippen LogP contribution < -0.4 is 9.62 Å². The van der Waals surface area contributed by atoms with Crippen LogP contribution >= 0.6 is 15.9 Å². The summed E-state index contributed by atoms with van der Waals surface area (Å²) in [4.78, 5) is 15.8. The predicted octanol–water partition coefficient (Wildman–Crippen LogP) is 5.97. The van der Waals surface area contributed by atoms with Crippen molar-refractivity contribution in [3.8, 4) is 0 Å². The number of rotatable bonds is 3. The molecule has 4 rings (SSSR count). The number of nitrogens with zero attached hydrogens (tertiary/aromatic N) is 1. The number of hydrogen-bond acceptors (Lipinski definition) is 2. The molecule has 0 saturated heterocycles. The molecule has 32 heavy (non-hydrogen) atoms. The third kappa shape index (κ3) is 4.68. The van der Waals surface area contributed by atoms with Gasteiger partial charge in [0.25, 0.3) is 5.91 Å². The molecule has 2 aliphatic rings. The molecule has 1 spiro atoms. The van der Waals surface area contributed by atoms with E-state index < -0.39 is 22.3 Å². The van der Waals surface area contributed by atoms with Crippen molar-refractivity contribution < 1.29 is 17.8 Å². The van der Waals surface area contributed by atoms with Crippen molar-refractivity contribution in [3.63, 3.8) is 0 Å². The molecule has 0 radical (unpaired) electrons. The first-order valence-corrected chi connectivity index (χ1v) is 12.6. The lowest BCUT2D eigenvalue weighted by Gasteiger charge is -2.37. The monoisotopic (exact) mass is 524 g/mol. The van der Waals surface area contributed by atoms with Gasteiger partial charge in [0.1, 0.15) is 11.0 Å². The van der Waals surface area contributed by atoms with E-state index in [9.17, 15) is 17.8 Å². The molecule has 1 fully saturated rings. The summed E-state index contributed by atoms with van der Waals surface area (Å²) in [6, 6.07) is 12.5. The van der Waals surface area contributed by atoms with E-state index in [-0.39, 0.29) is 24.3 Å². The van der Waals surface area contributed by atoms with Crippen molar-refractivity contribution in [2.75, 3.05) is 11.4 Å². The SMILES string of the molecule is CC(C)(C)NS(=O)c1cccc(C(=O)N2CC3(CCC(F)(F)CC3)c3cc(Br)ccc32)c1. The number of fused-ring (bicyclic) bond motifs is 2. The molecule has 1 unspecified atom stereocenters. The van der Waals surface area contributed by atoms with Crippen molar-refractivity contribution in [1.29, 1.82) is 0 Å². The van der Waals surface area contributed by atoms with Gasteiger partial charge in [-0.25, -0.2) is 17.7 Å². The van der Waals surface area contributed by atoms with Gasteiger partial charge in [0.2, 0.25) is 5.92 Å². The summed E-state index contributed by atoms with van der Waals surface area (Å²) in [6.07, 6.45) is 0.335. The minimum Gasteiger partial charge on any atom is -0.307 e. The Hall–Kier alpha value is -1.64. The number of hydrogen-bond donors (Lipinski definition) is 1. The maximum Gasteiger partial charge on any atom is 0.258 e. The van der Waals surface area contributed by atoms with E-state index in [0.29, 0.717) is 29.8 Å². The maximum atomic E-state index is 13.9. The van der Waals surface area contributed by atoms with E-state index in [4.69, 9.17) is 0 Å². The summed E-state index contributed by atoms with van der Waals surface area (Å²) in [7, 11) is -1.46. The number of nitrogens with one attached hydrogen (secondary N) is 1. The quantitative estimate of drug-likeness (QED) is 0.537. The number of amides is 1. The first-order chi connectivity index (χ1) is 14.9. The Morgan fingerprint density at radius 1 is 1.09 bits per heavy atom. The van der Waals surface area contributed by atoms with Crippen LogP contribution in [0.2, 0.25) is 0 Å². The first kappa shape index (κ1) is 23.5. The molecule has 8 heteroatoms. The lowest BCUT2D eigenvalue weighted by Crippen LogP contribution is -2.42. The Bertz CT molecular complexity index is 1070. The fourth-order valence-electron chi connectivity index (χ4n) is 4.58. The Kier molecular flexibility index (Phi) is 6.09. The van der Waals surface area contributed by atoms with E-state index in [0.717, 1.165) is 15.7 Å². The van der Waals surface area contributed by atoms with Gasteiger partial charge < -0.3 is 4.90 Å². The molecule has 0 bridgehead atoms. The van der Waals surface area contributed by atoms with Gasteiger partial charge >= 0.3 is 0 Å². The van der Waals surface area contributed by atoms with Crippen LogP contribution in [-0.4, -0.2) is 28.1 Å². The summed E-state index contributed by atoms with van der Waals surface area (Å²) in [6.45, 7) is 6.15. The highest BCUT2D eigenvalue weighted by Gasteiger charge is 2.50. The molecule has 1 aliphatic carbocycles. The molecule has 1 heterocycles. The van der Waals surface area contributed by atoms with Gasteiger partial charge in [-0.1, -0.05) is 22.0 Å². The fraction of sp³-hybridized carbons (Fsp3) is 0.458. The van der Waals surface area contributed by atoms with Crippen LogP contribution in [0.25, 0.3) is 0 Å². The first-order valence-electron chi connectivity index (χ1n) is 10.7. The third-order valence-corrected chi connectivity index (χ3v) is 8.13. The van der Waals surface area contributed by atoms with E-state index in [1.807, 2.05) is 39.0 Å². The molecule has 2 aromatic rings. The number of carbonyl (C=O) groups is 1. The van der Waals surface area contributed by atoms with Crippen molar-refractivity contribution in [2.45, 2.75) is 68.2 Å². The summed E-state index contributed by atoms with van der Waals surface area (Å²) in [5.41, 5.74) is 1.33. The zero-order valence-electron chi connectivity index (χ0n) is 18.4. The normalized spacial score (nSPS) is 20.2. The third-order valence-electron chi connectivity index (χ3n) is 6.16. The summed E-state index contributed by atoms with van der Waals surface area (Å²) in [5.74, 6) is -2.86. The van der Waals surface area contributed by atoms with Crippen LogP contribution in [0, 0.1) is 0 Å². The smallest absolute Gasteiger partial charge is 0.258 e. The largest absolute Gasteiger partial charge is 0.307 e. The Labute approximate surface area is 198 Å². The van der Waals surface area contributed by atoms with Gasteiger partial charge in [-0.05, 0) is 75.6 Å². The highest BCUT2D eigenvalue weighted by Crippen LogP contribution is 2.53. The Morgan fingerprint density at radius 2 is 1.78 bits per heavy atom. The molecule has 1 aliphatic heterocycles. The lowest BCUT2D eigenvalue weighted by atomic mass is 9.69. The van der Waals surface area contributed by atoms with Crippen molar-refractivity contribution >= 4 is 38.5 Å². The van der Waals surface area contributed by atoms with Crippen LogP contribution in [-0.2, 0) is 16.4 Å². The number of carbonyl (C=O) groups excluding carboxylic acids is 1. The van der Waals surface area contributed by atoms with Crippen LogP contribution in [0.4, 0.5) is 14.5 Å². The van der Waals surface area contributed by atoms with Crippen LogP contribution in [0.3, 0.4) is 0 Å². The fourth-order valence-corrected chi connectivity index (χ4v) is 6.05. The van der Waals surface area contributed by atoms with Crippen molar-refractivity contribution in [1.82, 2.24) is 4.72 Å². The van der Waals surface area contributed by atoms with Crippen molar-refractivity contribution in [2.24, 2.45) is 0 Å². The second-order valence-electron chi connectivity index (χ2n) is 9.84. The molecule has 4 nitrogen and oxygen atoms in total. The molecular weight excluding hydrogens is 498 g/mol. The zero-order valence-corrected chi connectivity index (χ0v) is 20.8. The number of halogens is 3. The molecule has 2 aromatic carbocycles. The minimum absolute atomic E-state index is 0.173. The summed E-state index contributed by atoms with van der Waals surface area (Å²) < 4.78 is 44.4. The maximum absolute atomic E-state index is 13.9. The number of benzene rings is 2. The second-order valence-corrected chi connectivity index (χ2v) is 12.0. The summed E-state index contributed by atoms with van der Waals surface area (Å²) >= 11 is 3.50. The van der Waals surface area contributed by atoms with E-state index in [1.54, 1.807) is 29.2 Å².